The van der Waals surface area contributed by atoms with Crippen LogP contribution in [0, 0.1) is 0 Å². The zero-order valence-electron chi connectivity index (χ0n) is 8.85. The summed E-state index contributed by atoms with van der Waals surface area (Å²) in [5, 5.41) is 13.9. The summed E-state index contributed by atoms with van der Waals surface area (Å²) in [4.78, 5) is 15.6. The molecule has 1 saturated heterocycles. The lowest BCUT2D eigenvalue weighted by Crippen LogP contribution is -2.34. The summed E-state index contributed by atoms with van der Waals surface area (Å²) in [6.07, 6.45) is 4.80. The third-order valence-corrected chi connectivity index (χ3v) is 2.57. The maximum Gasteiger partial charge on any atom is 0.503 e. The van der Waals surface area contributed by atoms with Crippen LogP contribution in [0.5, 0.6) is 0 Å². The van der Waals surface area contributed by atoms with E-state index in [-0.39, 0.29) is 0 Å². The quantitative estimate of drug-likeness (QED) is 0.645. The smallest absolute Gasteiger partial charge is 0.450 e. The van der Waals surface area contributed by atoms with Crippen LogP contribution in [-0.2, 0) is 0 Å². The number of amidine groups is 1. The normalized spacial score (nSPS) is 20.3. The molecule has 5 heteroatoms. The molecule has 2 aliphatic rings. The van der Waals surface area contributed by atoms with Gasteiger partial charge >= 0.3 is 6.16 Å². The van der Waals surface area contributed by atoms with Crippen molar-refractivity contribution < 1.29 is 15.0 Å². The zero-order valence-corrected chi connectivity index (χ0v) is 8.85. The summed E-state index contributed by atoms with van der Waals surface area (Å²) in [6.45, 7) is 3.60. The summed E-state index contributed by atoms with van der Waals surface area (Å²) < 4.78 is 0. The minimum absolute atomic E-state index is 1.08. The summed E-state index contributed by atoms with van der Waals surface area (Å²) >= 11 is 0. The number of nitrogens with zero attached hydrogens (tertiary/aromatic N) is 2. The summed E-state index contributed by atoms with van der Waals surface area (Å²) in [6, 6.07) is 0. The van der Waals surface area contributed by atoms with E-state index in [0.717, 1.165) is 6.54 Å². The maximum absolute atomic E-state index is 8.56. The van der Waals surface area contributed by atoms with Crippen molar-refractivity contribution in [2.45, 2.75) is 32.1 Å². The Morgan fingerprint density at radius 3 is 2.53 bits per heavy atom. The fourth-order valence-corrected chi connectivity index (χ4v) is 1.94. The summed E-state index contributed by atoms with van der Waals surface area (Å²) in [5.41, 5.74) is 0. The lowest BCUT2D eigenvalue weighted by Gasteiger charge is -2.27. The van der Waals surface area contributed by atoms with E-state index in [2.05, 4.69) is 9.89 Å². The molecule has 0 bridgehead atoms. The Bertz CT molecular complexity index is 237. The highest BCUT2D eigenvalue weighted by Gasteiger charge is 2.16. The van der Waals surface area contributed by atoms with Gasteiger partial charge in [-0.15, -0.1) is 0 Å². The van der Waals surface area contributed by atoms with Crippen molar-refractivity contribution in [3.63, 3.8) is 0 Å². The molecule has 0 unspecified atom stereocenters. The molecule has 1 fully saturated rings. The molecule has 15 heavy (non-hydrogen) atoms. The van der Waals surface area contributed by atoms with Crippen LogP contribution in [0.3, 0.4) is 0 Å². The van der Waals surface area contributed by atoms with E-state index in [9.17, 15) is 0 Å². The lowest BCUT2D eigenvalue weighted by molar-refractivity contribution is 0.137. The van der Waals surface area contributed by atoms with Gasteiger partial charge in [0.05, 0.1) is 5.84 Å². The first-order valence-electron chi connectivity index (χ1n) is 5.40. The molecular weight excluding hydrogens is 196 g/mol. The van der Waals surface area contributed by atoms with Gasteiger partial charge in [0.1, 0.15) is 0 Å². The molecule has 0 spiro atoms. The molecule has 5 nitrogen and oxygen atoms in total. The van der Waals surface area contributed by atoms with Crippen molar-refractivity contribution in [1.82, 2.24) is 4.90 Å². The van der Waals surface area contributed by atoms with Gasteiger partial charge in [-0.25, -0.2) is 4.79 Å². The number of carbonyl (C=O) groups is 1. The van der Waals surface area contributed by atoms with Crippen molar-refractivity contribution >= 4 is 12.0 Å². The molecule has 0 aromatic carbocycles. The Hall–Kier alpha value is -1.26. The predicted octanol–water partition coefficient (Wildman–Crippen LogP) is 1.89. The average molecular weight is 214 g/mol. The highest BCUT2D eigenvalue weighted by molar-refractivity contribution is 5.83. The second-order valence-corrected chi connectivity index (χ2v) is 3.73. The Labute approximate surface area is 89.4 Å². The second-order valence-electron chi connectivity index (χ2n) is 3.73. The molecule has 2 N–H and O–H groups in total. The highest BCUT2D eigenvalue weighted by atomic mass is 16.6. The van der Waals surface area contributed by atoms with E-state index in [0.29, 0.717) is 0 Å². The van der Waals surface area contributed by atoms with Gasteiger partial charge in [-0.2, -0.15) is 0 Å². The fraction of sp³-hybridized carbons (Fsp3) is 0.800. The van der Waals surface area contributed by atoms with Crippen LogP contribution >= 0.6 is 0 Å². The molecule has 2 heterocycles. The molecule has 0 amide bonds. The summed E-state index contributed by atoms with van der Waals surface area (Å²) in [7, 11) is 0. The fourth-order valence-electron chi connectivity index (χ4n) is 1.94. The SMILES string of the molecule is C1CCC2=NCCCN2CC1.O=C(O)O. The van der Waals surface area contributed by atoms with Crippen LogP contribution < -0.4 is 0 Å². The van der Waals surface area contributed by atoms with Crippen molar-refractivity contribution in [3.05, 3.63) is 0 Å². The standard InChI is InChI=1S/C9H16N2.CH2O3/c1-2-5-9-10-6-4-8-11(9)7-3-1;2-1(3)4/h1-8H2;(H2,2,3,4). The maximum atomic E-state index is 8.56. The molecule has 0 saturated carbocycles. The molecule has 0 aromatic heterocycles. The second kappa shape index (κ2) is 6.27. The van der Waals surface area contributed by atoms with E-state index < -0.39 is 6.16 Å². The van der Waals surface area contributed by atoms with Gasteiger partial charge in [-0.3, -0.25) is 4.99 Å². The van der Waals surface area contributed by atoms with Crippen LogP contribution in [0.1, 0.15) is 32.1 Å². The molecule has 2 rings (SSSR count). The van der Waals surface area contributed by atoms with E-state index in [1.54, 1.807) is 0 Å². The average Bonchev–Trinajstić information content (AvgIpc) is 2.41. The van der Waals surface area contributed by atoms with Crippen molar-refractivity contribution in [1.29, 1.82) is 0 Å². The molecule has 0 aliphatic carbocycles. The number of hydrogen-bond acceptors (Lipinski definition) is 3. The molecule has 0 atom stereocenters. The monoisotopic (exact) mass is 214 g/mol. The first kappa shape index (κ1) is 11.8. The Morgan fingerprint density at radius 1 is 1.13 bits per heavy atom. The van der Waals surface area contributed by atoms with Gasteiger partial charge < -0.3 is 15.1 Å². The Kier molecular flexibility index (Phi) is 4.93. The Morgan fingerprint density at radius 2 is 1.80 bits per heavy atom. The minimum atomic E-state index is -1.83. The number of carboxylic acid groups (broad SMARTS) is 2. The van der Waals surface area contributed by atoms with E-state index in [1.165, 1.54) is 51.0 Å². The zero-order chi connectivity index (χ0) is 11.1. The highest BCUT2D eigenvalue weighted by Crippen LogP contribution is 2.15. The third kappa shape index (κ3) is 4.67. The molecule has 0 radical (unpaired) electrons. The predicted molar refractivity (Wildman–Crippen MR) is 57.6 cm³/mol. The molecule has 86 valence electrons. The van der Waals surface area contributed by atoms with Gasteiger partial charge in [-0.05, 0) is 19.3 Å². The molecule has 0 aromatic rings. The number of aliphatic imine (C=N–C) groups is 1. The van der Waals surface area contributed by atoms with Gasteiger partial charge in [0.2, 0.25) is 0 Å². The van der Waals surface area contributed by atoms with Crippen molar-refractivity contribution in [2.75, 3.05) is 19.6 Å². The number of fused-ring (bicyclic) bond motifs is 1. The van der Waals surface area contributed by atoms with E-state index >= 15 is 0 Å². The third-order valence-electron chi connectivity index (χ3n) is 2.57. The van der Waals surface area contributed by atoms with Crippen molar-refractivity contribution in [3.8, 4) is 0 Å². The van der Waals surface area contributed by atoms with Crippen LogP contribution in [0.15, 0.2) is 4.99 Å². The van der Waals surface area contributed by atoms with E-state index in [4.69, 9.17) is 15.0 Å². The minimum Gasteiger partial charge on any atom is -0.450 e. The first-order valence-corrected chi connectivity index (χ1v) is 5.40. The largest absolute Gasteiger partial charge is 0.503 e. The van der Waals surface area contributed by atoms with Gasteiger partial charge in [0.25, 0.3) is 0 Å². The summed E-state index contributed by atoms with van der Waals surface area (Å²) in [5.74, 6) is 1.40. The topological polar surface area (TPSA) is 73.1 Å². The van der Waals surface area contributed by atoms with Crippen LogP contribution in [0.2, 0.25) is 0 Å². The van der Waals surface area contributed by atoms with E-state index in [1.807, 2.05) is 0 Å². The number of rotatable bonds is 0. The van der Waals surface area contributed by atoms with Crippen LogP contribution in [0.25, 0.3) is 0 Å². The van der Waals surface area contributed by atoms with Crippen molar-refractivity contribution in [2.24, 2.45) is 4.99 Å². The molecular formula is C10H18N2O3. The van der Waals surface area contributed by atoms with Crippen LogP contribution in [0.4, 0.5) is 4.79 Å². The van der Waals surface area contributed by atoms with Gasteiger partial charge in [0, 0.05) is 26.1 Å². The van der Waals surface area contributed by atoms with Gasteiger partial charge in [0.15, 0.2) is 0 Å². The van der Waals surface area contributed by atoms with Crippen LogP contribution in [-0.4, -0.2) is 46.7 Å². The number of hydrogen-bond donors (Lipinski definition) is 2. The lowest BCUT2D eigenvalue weighted by atomic mass is 10.2. The Balaban J connectivity index is 0.000000245. The first-order chi connectivity index (χ1) is 7.20. The van der Waals surface area contributed by atoms with Gasteiger partial charge in [-0.1, -0.05) is 6.42 Å². The molecule has 2 aliphatic heterocycles.